The molecule has 2 aromatic heterocycles. The minimum absolute atomic E-state index is 0.457. The molecule has 0 spiro atoms. The van der Waals surface area contributed by atoms with Gasteiger partial charge in [-0.25, -0.2) is 0 Å². The fourth-order valence-corrected chi connectivity index (χ4v) is 3.04. The highest BCUT2D eigenvalue weighted by molar-refractivity contribution is 5.58. The van der Waals surface area contributed by atoms with E-state index in [0.717, 1.165) is 43.2 Å². The van der Waals surface area contributed by atoms with E-state index in [9.17, 15) is 0 Å². The summed E-state index contributed by atoms with van der Waals surface area (Å²) < 4.78 is 5.51. The third kappa shape index (κ3) is 2.83. The van der Waals surface area contributed by atoms with E-state index in [1.54, 1.807) is 6.20 Å². The lowest BCUT2D eigenvalue weighted by atomic mass is 9.91. The molecule has 0 saturated heterocycles. The maximum atomic E-state index is 6.53. The number of nitrogens with two attached hydrogens (primary N) is 1. The Bertz CT molecular complexity index is 600. The van der Waals surface area contributed by atoms with Crippen molar-refractivity contribution in [3.05, 3.63) is 29.9 Å². The molecule has 112 valence electrons. The topological polar surface area (TPSA) is 77.8 Å². The van der Waals surface area contributed by atoms with E-state index >= 15 is 0 Å². The number of rotatable bonds is 3. The number of aromatic nitrogens is 3. The lowest BCUT2D eigenvalue weighted by molar-refractivity contribution is 0.257. The van der Waals surface area contributed by atoms with Crippen molar-refractivity contribution in [2.75, 3.05) is 0 Å². The van der Waals surface area contributed by atoms with Crippen molar-refractivity contribution in [3.8, 4) is 11.4 Å². The van der Waals surface area contributed by atoms with Gasteiger partial charge in [-0.3, -0.25) is 4.98 Å². The van der Waals surface area contributed by atoms with E-state index in [4.69, 9.17) is 10.3 Å². The Morgan fingerprint density at radius 2 is 2.00 bits per heavy atom. The molecule has 0 unspecified atom stereocenters. The predicted octanol–water partition coefficient (Wildman–Crippen LogP) is 3.20. The number of hydrogen-bond acceptors (Lipinski definition) is 5. The minimum atomic E-state index is -0.457. The van der Waals surface area contributed by atoms with Gasteiger partial charge < -0.3 is 10.3 Å². The zero-order valence-corrected chi connectivity index (χ0v) is 12.5. The van der Waals surface area contributed by atoms with Crippen molar-refractivity contribution in [1.29, 1.82) is 0 Å². The fourth-order valence-electron chi connectivity index (χ4n) is 3.04. The summed E-state index contributed by atoms with van der Waals surface area (Å²) in [5, 5.41) is 4.15. The molecule has 2 heterocycles. The Balaban J connectivity index is 1.92. The summed E-state index contributed by atoms with van der Waals surface area (Å²) in [7, 11) is 0. The third-order valence-electron chi connectivity index (χ3n) is 4.37. The normalized spacial score (nSPS) is 18.4. The van der Waals surface area contributed by atoms with Gasteiger partial charge in [-0.2, -0.15) is 4.98 Å². The van der Waals surface area contributed by atoms with Gasteiger partial charge in [-0.15, -0.1) is 0 Å². The van der Waals surface area contributed by atoms with Gasteiger partial charge in [-0.05, 0) is 30.9 Å². The summed E-state index contributed by atoms with van der Waals surface area (Å²) >= 11 is 0. The standard InChI is InChI=1S/C16H22N4O/c1-2-12-11-18-10-7-13(12)14-19-15(21-20-14)16(17)8-5-3-4-6-9-16/h7,10-11H,2-6,8-9,17H2,1H3. The molecule has 1 aliphatic carbocycles. The van der Waals surface area contributed by atoms with Crippen LogP contribution in [0.2, 0.25) is 0 Å². The zero-order valence-electron chi connectivity index (χ0n) is 12.5. The zero-order chi connectivity index (χ0) is 14.7. The van der Waals surface area contributed by atoms with Gasteiger partial charge in [-0.1, -0.05) is 37.8 Å². The van der Waals surface area contributed by atoms with E-state index < -0.39 is 5.54 Å². The summed E-state index contributed by atoms with van der Waals surface area (Å²) in [4.78, 5) is 8.75. The van der Waals surface area contributed by atoms with Crippen molar-refractivity contribution in [1.82, 2.24) is 15.1 Å². The van der Waals surface area contributed by atoms with Crippen LogP contribution in [-0.4, -0.2) is 15.1 Å². The molecule has 5 heteroatoms. The lowest BCUT2D eigenvalue weighted by Gasteiger charge is -2.22. The quantitative estimate of drug-likeness (QED) is 0.877. The van der Waals surface area contributed by atoms with Crippen molar-refractivity contribution in [2.45, 2.75) is 57.4 Å². The van der Waals surface area contributed by atoms with Gasteiger partial charge in [0.05, 0.1) is 5.54 Å². The highest BCUT2D eigenvalue weighted by atomic mass is 16.5. The second-order valence-electron chi connectivity index (χ2n) is 5.88. The molecule has 1 fully saturated rings. The van der Waals surface area contributed by atoms with Crippen LogP contribution in [0.1, 0.15) is 56.9 Å². The van der Waals surface area contributed by atoms with E-state index in [1.165, 1.54) is 12.8 Å². The Morgan fingerprint density at radius 1 is 1.24 bits per heavy atom. The smallest absolute Gasteiger partial charge is 0.247 e. The first-order valence-corrected chi connectivity index (χ1v) is 7.79. The molecule has 2 aromatic rings. The van der Waals surface area contributed by atoms with Crippen LogP contribution >= 0.6 is 0 Å². The van der Waals surface area contributed by atoms with Crippen LogP contribution in [0.4, 0.5) is 0 Å². The van der Waals surface area contributed by atoms with Crippen LogP contribution in [0.15, 0.2) is 23.0 Å². The molecule has 5 nitrogen and oxygen atoms in total. The van der Waals surface area contributed by atoms with Gasteiger partial charge >= 0.3 is 0 Å². The molecular weight excluding hydrogens is 264 g/mol. The Hall–Kier alpha value is -1.75. The number of nitrogens with zero attached hydrogens (tertiary/aromatic N) is 3. The van der Waals surface area contributed by atoms with E-state index in [0.29, 0.717) is 11.7 Å². The molecule has 21 heavy (non-hydrogen) atoms. The second-order valence-corrected chi connectivity index (χ2v) is 5.88. The van der Waals surface area contributed by atoms with E-state index in [-0.39, 0.29) is 0 Å². The van der Waals surface area contributed by atoms with Gasteiger partial charge in [0.15, 0.2) is 0 Å². The van der Waals surface area contributed by atoms with Gasteiger partial charge in [0, 0.05) is 18.0 Å². The summed E-state index contributed by atoms with van der Waals surface area (Å²) in [6.45, 7) is 2.09. The summed E-state index contributed by atoms with van der Waals surface area (Å²) in [5.74, 6) is 1.21. The van der Waals surface area contributed by atoms with E-state index in [1.807, 2.05) is 12.3 Å². The number of pyridine rings is 1. The Morgan fingerprint density at radius 3 is 2.71 bits per heavy atom. The average molecular weight is 286 g/mol. The number of hydrogen-bond donors (Lipinski definition) is 1. The SMILES string of the molecule is CCc1cnccc1-c1noc(C2(N)CCCCCC2)n1. The highest BCUT2D eigenvalue weighted by Crippen LogP contribution is 2.33. The molecule has 0 amide bonds. The van der Waals surface area contributed by atoms with Crippen molar-refractivity contribution in [3.63, 3.8) is 0 Å². The third-order valence-corrected chi connectivity index (χ3v) is 4.37. The number of aryl methyl sites for hydroxylation is 1. The fraction of sp³-hybridized carbons (Fsp3) is 0.562. The van der Waals surface area contributed by atoms with Gasteiger partial charge in [0.2, 0.25) is 11.7 Å². The molecule has 0 atom stereocenters. The molecule has 3 rings (SSSR count). The molecule has 0 radical (unpaired) electrons. The maximum Gasteiger partial charge on any atom is 0.247 e. The largest absolute Gasteiger partial charge is 0.337 e. The molecule has 1 aliphatic rings. The first-order valence-electron chi connectivity index (χ1n) is 7.79. The molecule has 0 aliphatic heterocycles. The first-order chi connectivity index (χ1) is 10.2. The lowest BCUT2D eigenvalue weighted by Crippen LogP contribution is -2.36. The second kappa shape index (κ2) is 5.93. The van der Waals surface area contributed by atoms with Crippen LogP contribution < -0.4 is 5.73 Å². The van der Waals surface area contributed by atoms with Gasteiger partial charge in [0.25, 0.3) is 0 Å². The van der Waals surface area contributed by atoms with Crippen LogP contribution in [0, 0.1) is 0 Å². The monoisotopic (exact) mass is 286 g/mol. The maximum absolute atomic E-state index is 6.53. The molecule has 1 saturated carbocycles. The van der Waals surface area contributed by atoms with Crippen molar-refractivity contribution in [2.24, 2.45) is 5.73 Å². The first kappa shape index (κ1) is 14.2. The van der Waals surface area contributed by atoms with Crippen LogP contribution in [-0.2, 0) is 12.0 Å². The van der Waals surface area contributed by atoms with E-state index in [2.05, 4.69) is 22.0 Å². The van der Waals surface area contributed by atoms with Crippen LogP contribution in [0.3, 0.4) is 0 Å². The Labute approximate surface area is 125 Å². The van der Waals surface area contributed by atoms with Crippen molar-refractivity contribution < 1.29 is 4.52 Å². The predicted molar refractivity (Wildman–Crippen MR) is 80.5 cm³/mol. The summed E-state index contributed by atoms with van der Waals surface area (Å²) in [6, 6.07) is 1.93. The average Bonchev–Trinajstić information content (AvgIpc) is 2.91. The highest BCUT2D eigenvalue weighted by Gasteiger charge is 2.34. The van der Waals surface area contributed by atoms with Gasteiger partial charge in [0.1, 0.15) is 0 Å². The minimum Gasteiger partial charge on any atom is -0.337 e. The van der Waals surface area contributed by atoms with Crippen LogP contribution in [0.5, 0.6) is 0 Å². The summed E-state index contributed by atoms with van der Waals surface area (Å²) in [6.07, 6.45) is 11.1. The molecule has 0 bridgehead atoms. The Kier molecular flexibility index (Phi) is 4.01. The molecule has 2 N–H and O–H groups in total. The molecule has 0 aromatic carbocycles. The van der Waals surface area contributed by atoms with Crippen LogP contribution in [0.25, 0.3) is 11.4 Å². The summed E-state index contributed by atoms with van der Waals surface area (Å²) in [5.41, 5.74) is 8.18. The van der Waals surface area contributed by atoms with Crippen molar-refractivity contribution >= 4 is 0 Å². The molecular formula is C16H22N4O.